The standard InChI is InChI=1S/C11H21NO/c1-12-11(7-9-3-2-4-9)10-5-6-13-8-10/h9-12H,2-8H2,1H3. The van der Waals surface area contributed by atoms with Crippen LogP contribution in [0.3, 0.4) is 0 Å². The van der Waals surface area contributed by atoms with E-state index in [1.807, 2.05) is 0 Å². The summed E-state index contributed by atoms with van der Waals surface area (Å²) in [5.41, 5.74) is 0. The van der Waals surface area contributed by atoms with Gasteiger partial charge in [-0.25, -0.2) is 0 Å². The topological polar surface area (TPSA) is 21.3 Å². The molecular weight excluding hydrogens is 162 g/mol. The summed E-state index contributed by atoms with van der Waals surface area (Å²) in [5, 5.41) is 3.46. The van der Waals surface area contributed by atoms with Crippen molar-refractivity contribution in [2.45, 2.75) is 38.1 Å². The van der Waals surface area contributed by atoms with Gasteiger partial charge in [0.15, 0.2) is 0 Å². The highest BCUT2D eigenvalue weighted by Crippen LogP contribution is 2.33. The van der Waals surface area contributed by atoms with Crippen LogP contribution in [-0.2, 0) is 4.74 Å². The van der Waals surface area contributed by atoms with Crippen molar-refractivity contribution in [3.63, 3.8) is 0 Å². The van der Waals surface area contributed by atoms with E-state index >= 15 is 0 Å². The normalized spacial score (nSPS) is 31.6. The molecule has 76 valence electrons. The van der Waals surface area contributed by atoms with E-state index in [0.717, 1.165) is 25.0 Å². The van der Waals surface area contributed by atoms with E-state index in [2.05, 4.69) is 12.4 Å². The van der Waals surface area contributed by atoms with Crippen molar-refractivity contribution in [3.05, 3.63) is 0 Å². The van der Waals surface area contributed by atoms with E-state index < -0.39 is 0 Å². The first-order valence-electron chi connectivity index (χ1n) is 5.65. The maximum atomic E-state index is 5.43. The molecule has 2 unspecified atom stereocenters. The Morgan fingerprint density at radius 1 is 1.38 bits per heavy atom. The quantitative estimate of drug-likeness (QED) is 0.717. The molecular formula is C11H21NO. The van der Waals surface area contributed by atoms with Gasteiger partial charge < -0.3 is 10.1 Å². The second kappa shape index (κ2) is 4.43. The average Bonchev–Trinajstić information content (AvgIpc) is 2.55. The van der Waals surface area contributed by atoms with E-state index in [-0.39, 0.29) is 0 Å². The Kier molecular flexibility index (Phi) is 3.23. The molecule has 2 rings (SSSR count). The third kappa shape index (κ3) is 2.23. The number of ether oxygens (including phenoxy) is 1. The number of nitrogens with one attached hydrogen (secondary N) is 1. The van der Waals surface area contributed by atoms with Crippen LogP contribution in [0.5, 0.6) is 0 Å². The molecule has 1 heterocycles. The summed E-state index contributed by atoms with van der Waals surface area (Å²) in [7, 11) is 2.10. The largest absolute Gasteiger partial charge is 0.381 e. The van der Waals surface area contributed by atoms with Gasteiger partial charge in [0, 0.05) is 12.6 Å². The maximum absolute atomic E-state index is 5.43. The van der Waals surface area contributed by atoms with Crippen molar-refractivity contribution in [2.24, 2.45) is 11.8 Å². The first kappa shape index (κ1) is 9.47. The highest BCUT2D eigenvalue weighted by atomic mass is 16.5. The first-order chi connectivity index (χ1) is 6.40. The van der Waals surface area contributed by atoms with Gasteiger partial charge in [-0.1, -0.05) is 19.3 Å². The zero-order valence-corrected chi connectivity index (χ0v) is 8.59. The molecule has 0 aromatic carbocycles. The molecule has 0 spiro atoms. The lowest BCUT2D eigenvalue weighted by atomic mass is 9.78. The molecule has 0 amide bonds. The van der Waals surface area contributed by atoms with Crippen LogP contribution in [0.25, 0.3) is 0 Å². The smallest absolute Gasteiger partial charge is 0.0510 e. The monoisotopic (exact) mass is 183 g/mol. The summed E-state index contributed by atoms with van der Waals surface area (Å²) in [6, 6.07) is 0.716. The highest BCUT2D eigenvalue weighted by Gasteiger charge is 2.28. The fourth-order valence-corrected chi connectivity index (χ4v) is 2.50. The summed E-state index contributed by atoms with van der Waals surface area (Å²) in [6.07, 6.45) is 7.03. The van der Waals surface area contributed by atoms with Crippen LogP contribution in [0, 0.1) is 11.8 Å². The minimum atomic E-state index is 0.716. The molecule has 0 bridgehead atoms. The summed E-state index contributed by atoms with van der Waals surface area (Å²) in [4.78, 5) is 0. The molecule has 2 fully saturated rings. The number of rotatable bonds is 4. The lowest BCUT2D eigenvalue weighted by molar-refractivity contribution is 0.166. The van der Waals surface area contributed by atoms with Crippen molar-refractivity contribution in [3.8, 4) is 0 Å². The van der Waals surface area contributed by atoms with Crippen LogP contribution in [0.15, 0.2) is 0 Å². The molecule has 0 radical (unpaired) electrons. The average molecular weight is 183 g/mol. The van der Waals surface area contributed by atoms with Gasteiger partial charge in [0.25, 0.3) is 0 Å². The summed E-state index contributed by atoms with van der Waals surface area (Å²) < 4.78 is 5.43. The Bertz CT molecular complexity index is 150. The minimum Gasteiger partial charge on any atom is -0.381 e. The Morgan fingerprint density at radius 2 is 2.23 bits per heavy atom. The summed E-state index contributed by atoms with van der Waals surface area (Å²) in [6.45, 7) is 1.96. The summed E-state index contributed by atoms with van der Waals surface area (Å²) >= 11 is 0. The van der Waals surface area contributed by atoms with Crippen LogP contribution in [0.1, 0.15) is 32.1 Å². The molecule has 1 aliphatic carbocycles. The molecule has 0 aromatic rings. The van der Waals surface area contributed by atoms with Crippen molar-refractivity contribution >= 4 is 0 Å². The van der Waals surface area contributed by atoms with Crippen molar-refractivity contribution in [1.29, 1.82) is 0 Å². The minimum absolute atomic E-state index is 0.716. The highest BCUT2D eigenvalue weighted by molar-refractivity contribution is 4.83. The van der Waals surface area contributed by atoms with Gasteiger partial charge in [-0.3, -0.25) is 0 Å². The Morgan fingerprint density at radius 3 is 2.69 bits per heavy atom. The second-order valence-corrected chi connectivity index (χ2v) is 4.55. The lowest BCUT2D eigenvalue weighted by Crippen LogP contribution is -2.37. The maximum Gasteiger partial charge on any atom is 0.0510 e. The van der Waals surface area contributed by atoms with E-state index in [0.29, 0.717) is 6.04 Å². The zero-order valence-electron chi connectivity index (χ0n) is 8.59. The van der Waals surface area contributed by atoms with Crippen LogP contribution in [-0.4, -0.2) is 26.3 Å². The Balaban J connectivity index is 1.77. The van der Waals surface area contributed by atoms with Gasteiger partial charge >= 0.3 is 0 Å². The van der Waals surface area contributed by atoms with Crippen LogP contribution in [0.2, 0.25) is 0 Å². The van der Waals surface area contributed by atoms with Gasteiger partial charge in [-0.05, 0) is 31.7 Å². The fourth-order valence-electron chi connectivity index (χ4n) is 2.50. The number of hydrogen-bond acceptors (Lipinski definition) is 2. The Labute approximate surface area is 81.0 Å². The predicted molar refractivity (Wildman–Crippen MR) is 53.7 cm³/mol. The SMILES string of the molecule is CNC(CC1CCC1)C1CCOC1. The van der Waals surface area contributed by atoms with Gasteiger partial charge in [0.1, 0.15) is 0 Å². The van der Waals surface area contributed by atoms with Crippen molar-refractivity contribution in [2.75, 3.05) is 20.3 Å². The lowest BCUT2D eigenvalue weighted by Gasteiger charge is -2.31. The van der Waals surface area contributed by atoms with Crippen molar-refractivity contribution in [1.82, 2.24) is 5.32 Å². The second-order valence-electron chi connectivity index (χ2n) is 4.55. The number of hydrogen-bond donors (Lipinski definition) is 1. The molecule has 1 N–H and O–H groups in total. The third-order valence-corrected chi connectivity index (χ3v) is 3.72. The molecule has 2 atom stereocenters. The van der Waals surface area contributed by atoms with E-state index in [4.69, 9.17) is 4.74 Å². The first-order valence-corrected chi connectivity index (χ1v) is 5.65. The molecule has 1 saturated carbocycles. The van der Waals surface area contributed by atoms with Crippen LogP contribution in [0.4, 0.5) is 0 Å². The molecule has 1 aliphatic heterocycles. The van der Waals surface area contributed by atoms with E-state index in [9.17, 15) is 0 Å². The third-order valence-electron chi connectivity index (χ3n) is 3.72. The van der Waals surface area contributed by atoms with Crippen LogP contribution < -0.4 is 5.32 Å². The summed E-state index contributed by atoms with van der Waals surface area (Å²) in [5.74, 6) is 1.80. The predicted octanol–water partition coefficient (Wildman–Crippen LogP) is 1.80. The molecule has 0 aromatic heterocycles. The molecule has 2 aliphatic rings. The van der Waals surface area contributed by atoms with Crippen LogP contribution >= 0.6 is 0 Å². The molecule has 2 nitrogen and oxygen atoms in total. The van der Waals surface area contributed by atoms with Gasteiger partial charge in [0.2, 0.25) is 0 Å². The van der Waals surface area contributed by atoms with Crippen molar-refractivity contribution < 1.29 is 4.74 Å². The van der Waals surface area contributed by atoms with Gasteiger partial charge in [-0.2, -0.15) is 0 Å². The molecule has 1 saturated heterocycles. The zero-order chi connectivity index (χ0) is 9.10. The fraction of sp³-hybridized carbons (Fsp3) is 1.00. The van der Waals surface area contributed by atoms with Gasteiger partial charge in [0.05, 0.1) is 6.61 Å². The molecule has 2 heteroatoms. The molecule has 13 heavy (non-hydrogen) atoms. The van der Waals surface area contributed by atoms with Gasteiger partial charge in [-0.15, -0.1) is 0 Å². The van der Waals surface area contributed by atoms with E-state index in [1.54, 1.807) is 0 Å². The van der Waals surface area contributed by atoms with E-state index in [1.165, 1.54) is 32.1 Å². The Hall–Kier alpha value is -0.0800.